The topological polar surface area (TPSA) is 89.6 Å². The van der Waals surface area contributed by atoms with Crippen molar-refractivity contribution in [2.75, 3.05) is 0 Å². The Hall–Kier alpha value is -3.22. The fourth-order valence-electron chi connectivity index (χ4n) is 2.89. The summed E-state index contributed by atoms with van der Waals surface area (Å²) in [6.45, 7) is 5.66. The second kappa shape index (κ2) is 5.70. The van der Waals surface area contributed by atoms with Crippen LogP contribution < -0.4 is 5.56 Å². The number of aryl methyl sites for hydroxylation is 2. The van der Waals surface area contributed by atoms with Gasteiger partial charge in [-0.25, -0.2) is 14.6 Å². The Labute approximate surface area is 143 Å². The third-order valence-electron chi connectivity index (χ3n) is 4.16. The second-order valence-corrected chi connectivity index (χ2v) is 5.88. The molecule has 0 saturated heterocycles. The van der Waals surface area contributed by atoms with Gasteiger partial charge in [0.2, 0.25) is 11.8 Å². The molecular formula is C18H17N5O2. The Morgan fingerprint density at radius 2 is 2.00 bits per heavy atom. The zero-order valence-corrected chi connectivity index (χ0v) is 14.2. The molecule has 1 N–H and O–H groups in total. The smallest absolute Gasteiger partial charge is 0.255 e. The maximum Gasteiger partial charge on any atom is 0.255 e. The van der Waals surface area contributed by atoms with Gasteiger partial charge in [0.25, 0.3) is 5.56 Å². The summed E-state index contributed by atoms with van der Waals surface area (Å²) in [5, 5.41) is 4.51. The minimum absolute atomic E-state index is 0.136. The summed E-state index contributed by atoms with van der Waals surface area (Å²) in [6.07, 6.45) is 0.640. The summed E-state index contributed by atoms with van der Waals surface area (Å²) in [5.74, 6) is 0.826. The predicted octanol–water partition coefficient (Wildman–Crippen LogP) is 2.94. The van der Waals surface area contributed by atoms with Crippen LogP contribution in [0.25, 0.3) is 28.6 Å². The van der Waals surface area contributed by atoms with Crippen molar-refractivity contribution in [2.24, 2.45) is 0 Å². The third kappa shape index (κ3) is 2.53. The number of hydrogen-bond acceptors (Lipinski definition) is 5. The number of hydrogen-bond donors (Lipinski definition) is 1. The normalized spacial score (nSPS) is 11.3. The van der Waals surface area contributed by atoms with Crippen LogP contribution in [0.3, 0.4) is 0 Å². The van der Waals surface area contributed by atoms with Gasteiger partial charge in [0, 0.05) is 17.0 Å². The number of para-hydroxylation sites is 2. The first kappa shape index (κ1) is 15.3. The zero-order valence-electron chi connectivity index (χ0n) is 14.2. The first-order valence-corrected chi connectivity index (χ1v) is 8.09. The summed E-state index contributed by atoms with van der Waals surface area (Å²) < 4.78 is 7.36. The van der Waals surface area contributed by atoms with Gasteiger partial charge in [-0.2, -0.15) is 5.10 Å². The van der Waals surface area contributed by atoms with Crippen molar-refractivity contribution < 1.29 is 4.42 Å². The summed E-state index contributed by atoms with van der Waals surface area (Å²) >= 11 is 0. The van der Waals surface area contributed by atoms with E-state index >= 15 is 0 Å². The summed E-state index contributed by atoms with van der Waals surface area (Å²) in [7, 11) is 0. The van der Waals surface area contributed by atoms with Crippen molar-refractivity contribution in [1.29, 1.82) is 0 Å². The lowest BCUT2D eigenvalue weighted by Gasteiger charge is -2.06. The molecule has 0 unspecified atom stereocenters. The van der Waals surface area contributed by atoms with Crippen molar-refractivity contribution >= 4 is 11.1 Å². The van der Waals surface area contributed by atoms with E-state index in [2.05, 4.69) is 20.1 Å². The van der Waals surface area contributed by atoms with Gasteiger partial charge < -0.3 is 4.42 Å². The molecule has 1 aromatic carbocycles. The average Bonchev–Trinajstić information content (AvgIpc) is 3.17. The molecule has 0 radical (unpaired) electrons. The summed E-state index contributed by atoms with van der Waals surface area (Å²) in [6, 6.07) is 9.41. The zero-order chi connectivity index (χ0) is 17.6. The molecule has 0 aliphatic carbocycles. The number of fused-ring (bicyclic) bond motifs is 1. The van der Waals surface area contributed by atoms with E-state index in [4.69, 9.17) is 4.42 Å². The maximum atomic E-state index is 12.2. The minimum atomic E-state index is -0.136. The first-order valence-electron chi connectivity index (χ1n) is 8.09. The molecule has 126 valence electrons. The molecule has 7 nitrogen and oxygen atoms in total. The Bertz CT molecular complexity index is 1100. The largest absolute Gasteiger partial charge is 0.435 e. The average molecular weight is 335 g/mol. The van der Waals surface area contributed by atoms with Crippen LogP contribution in [0.15, 0.2) is 39.5 Å². The van der Waals surface area contributed by atoms with Gasteiger partial charge in [-0.15, -0.1) is 0 Å². The van der Waals surface area contributed by atoms with Gasteiger partial charge in [-0.05, 0) is 38.5 Å². The van der Waals surface area contributed by atoms with Gasteiger partial charge >= 0.3 is 0 Å². The van der Waals surface area contributed by atoms with E-state index in [9.17, 15) is 4.79 Å². The van der Waals surface area contributed by atoms with Crippen molar-refractivity contribution in [3.63, 3.8) is 0 Å². The number of rotatable bonds is 3. The van der Waals surface area contributed by atoms with Crippen molar-refractivity contribution in [3.8, 4) is 17.5 Å². The summed E-state index contributed by atoms with van der Waals surface area (Å²) in [4.78, 5) is 23.9. The lowest BCUT2D eigenvalue weighted by atomic mass is 10.2. The predicted molar refractivity (Wildman–Crippen MR) is 93.8 cm³/mol. The van der Waals surface area contributed by atoms with E-state index in [0.29, 0.717) is 40.8 Å². The molecular weight excluding hydrogens is 318 g/mol. The van der Waals surface area contributed by atoms with Gasteiger partial charge in [0.1, 0.15) is 11.2 Å². The number of nitrogens with zero attached hydrogens (tertiary/aromatic N) is 4. The molecule has 0 atom stereocenters. The molecule has 0 spiro atoms. The fraction of sp³-hybridized carbons (Fsp3) is 0.222. The Kier molecular flexibility index (Phi) is 3.49. The number of nitrogens with one attached hydrogen (secondary N) is 1. The Morgan fingerprint density at radius 1 is 1.20 bits per heavy atom. The second-order valence-electron chi connectivity index (χ2n) is 5.88. The van der Waals surface area contributed by atoms with Gasteiger partial charge in [-0.1, -0.05) is 19.1 Å². The Balaban J connectivity index is 1.82. The molecule has 3 heterocycles. The molecule has 3 aromatic heterocycles. The molecule has 4 aromatic rings. The van der Waals surface area contributed by atoms with Crippen LogP contribution >= 0.6 is 0 Å². The first-order chi connectivity index (χ1) is 12.1. The molecule has 0 amide bonds. The molecule has 25 heavy (non-hydrogen) atoms. The van der Waals surface area contributed by atoms with E-state index in [-0.39, 0.29) is 5.56 Å². The van der Waals surface area contributed by atoms with Crippen LogP contribution in [0, 0.1) is 13.8 Å². The molecule has 0 saturated carbocycles. The highest BCUT2D eigenvalue weighted by Crippen LogP contribution is 2.24. The highest BCUT2D eigenvalue weighted by atomic mass is 16.3. The number of H-pyrrole nitrogens is 1. The van der Waals surface area contributed by atoms with Crippen LogP contribution in [0.2, 0.25) is 0 Å². The van der Waals surface area contributed by atoms with Crippen molar-refractivity contribution in [3.05, 3.63) is 57.6 Å². The van der Waals surface area contributed by atoms with E-state index in [1.165, 1.54) is 0 Å². The van der Waals surface area contributed by atoms with Crippen LogP contribution in [-0.4, -0.2) is 24.7 Å². The molecule has 0 aliphatic rings. The van der Waals surface area contributed by atoms with Crippen LogP contribution in [0.4, 0.5) is 0 Å². The molecule has 0 fully saturated rings. The van der Waals surface area contributed by atoms with Crippen molar-refractivity contribution in [2.45, 2.75) is 27.2 Å². The minimum Gasteiger partial charge on any atom is -0.435 e. The van der Waals surface area contributed by atoms with E-state index in [1.807, 2.05) is 51.1 Å². The maximum absolute atomic E-state index is 12.2. The van der Waals surface area contributed by atoms with Gasteiger partial charge in [-0.3, -0.25) is 9.78 Å². The lowest BCUT2D eigenvalue weighted by molar-refractivity contribution is 0.614. The van der Waals surface area contributed by atoms with Crippen LogP contribution in [0.1, 0.15) is 23.9 Å². The Morgan fingerprint density at radius 3 is 2.72 bits per heavy atom. The number of benzene rings is 1. The van der Waals surface area contributed by atoms with E-state index in [1.54, 1.807) is 4.68 Å². The standard InChI is InChI=1S/C18H17N5O2/c1-4-12-11(3)19-18(21-16(12)24)23-10(2)9-14(22-23)17-20-13-7-5-6-8-15(13)25-17/h5-9H,4H2,1-3H3,(H,19,21,24). The monoisotopic (exact) mass is 335 g/mol. The molecule has 0 aliphatic heterocycles. The molecule has 0 bridgehead atoms. The number of aromatic nitrogens is 5. The number of oxazole rings is 1. The van der Waals surface area contributed by atoms with Crippen LogP contribution in [-0.2, 0) is 6.42 Å². The van der Waals surface area contributed by atoms with Gasteiger partial charge in [0.05, 0.1) is 0 Å². The van der Waals surface area contributed by atoms with Crippen LogP contribution in [0.5, 0.6) is 0 Å². The lowest BCUT2D eigenvalue weighted by Crippen LogP contribution is -2.20. The summed E-state index contributed by atoms with van der Waals surface area (Å²) in [5.41, 5.74) is 4.16. The quantitative estimate of drug-likeness (QED) is 0.622. The SMILES string of the molecule is CCc1c(C)nc(-n2nc(-c3nc4ccccc4o3)cc2C)[nH]c1=O. The molecule has 7 heteroatoms. The van der Waals surface area contributed by atoms with E-state index in [0.717, 1.165) is 11.2 Å². The highest BCUT2D eigenvalue weighted by molar-refractivity contribution is 5.75. The molecule has 4 rings (SSSR count). The third-order valence-corrected chi connectivity index (χ3v) is 4.16. The highest BCUT2D eigenvalue weighted by Gasteiger charge is 2.16. The van der Waals surface area contributed by atoms with Gasteiger partial charge in [0.15, 0.2) is 5.58 Å². The number of aromatic amines is 1. The van der Waals surface area contributed by atoms with Crippen molar-refractivity contribution in [1.82, 2.24) is 24.7 Å². The fourth-order valence-corrected chi connectivity index (χ4v) is 2.89. The van der Waals surface area contributed by atoms with E-state index < -0.39 is 0 Å².